The van der Waals surface area contributed by atoms with Gasteiger partial charge in [0, 0.05) is 26.8 Å². The molecule has 0 saturated carbocycles. The zero-order valence-corrected chi connectivity index (χ0v) is 12.7. The lowest BCUT2D eigenvalue weighted by Gasteiger charge is -2.31. The molecule has 1 atom stereocenters. The Kier molecular flexibility index (Phi) is 4.15. The smallest absolute Gasteiger partial charge is 0.302 e. The van der Waals surface area contributed by atoms with Crippen molar-refractivity contribution in [2.45, 2.75) is 30.2 Å². The monoisotopic (exact) mass is 315 g/mol. The zero-order chi connectivity index (χ0) is 15.8. The molecule has 21 heavy (non-hydrogen) atoms. The third kappa shape index (κ3) is 2.58. The Morgan fingerprint density at radius 3 is 2.52 bits per heavy atom. The Hall–Kier alpha value is -1.74. The van der Waals surface area contributed by atoms with Gasteiger partial charge in [-0.3, -0.25) is 9.36 Å². The van der Waals surface area contributed by atoms with Gasteiger partial charge in [-0.2, -0.15) is 4.31 Å². The van der Waals surface area contributed by atoms with E-state index in [0.717, 1.165) is 26.1 Å². The Balaban J connectivity index is 2.62. The Labute approximate surface area is 121 Å². The van der Waals surface area contributed by atoms with Crippen LogP contribution in [0.5, 0.6) is 0 Å². The summed E-state index contributed by atoms with van der Waals surface area (Å²) in [5.41, 5.74) is -1.49. The van der Waals surface area contributed by atoms with E-state index in [2.05, 4.69) is 0 Å². The van der Waals surface area contributed by atoms with E-state index in [1.54, 1.807) is 0 Å². The lowest BCUT2D eigenvalue weighted by molar-refractivity contribution is -0.111. The molecule has 1 aromatic rings. The first-order valence-corrected chi connectivity index (χ1v) is 7.98. The number of rotatable bonds is 3. The van der Waals surface area contributed by atoms with Crippen molar-refractivity contribution < 1.29 is 13.2 Å². The highest BCUT2D eigenvalue weighted by Crippen LogP contribution is 2.22. The van der Waals surface area contributed by atoms with Crippen LogP contribution in [0.15, 0.2) is 20.7 Å². The third-order valence-corrected chi connectivity index (χ3v) is 5.56. The van der Waals surface area contributed by atoms with Crippen LogP contribution in [0.2, 0.25) is 0 Å². The van der Waals surface area contributed by atoms with E-state index in [1.807, 2.05) is 0 Å². The van der Waals surface area contributed by atoms with Crippen LogP contribution in [-0.4, -0.2) is 40.7 Å². The van der Waals surface area contributed by atoms with Gasteiger partial charge >= 0.3 is 5.69 Å². The van der Waals surface area contributed by atoms with Crippen LogP contribution in [0.25, 0.3) is 0 Å². The fourth-order valence-electron chi connectivity index (χ4n) is 2.44. The first-order chi connectivity index (χ1) is 9.80. The summed E-state index contributed by atoms with van der Waals surface area (Å²) in [4.78, 5) is 34.3. The van der Waals surface area contributed by atoms with Crippen molar-refractivity contribution in [3.05, 3.63) is 27.0 Å². The number of carbonyl (C=O) groups is 1. The molecule has 8 nitrogen and oxygen atoms in total. The minimum atomic E-state index is -4.11. The highest BCUT2D eigenvalue weighted by atomic mass is 32.2. The first-order valence-electron chi connectivity index (χ1n) is 6.54. The second-order valence-electron chi connectivity index (χ2n) is 5.07. The van der Waals surface area contributed by atoms with Gasteiger partial charge in [-0.15, -0.1) is 0 Å². The van der Waals surface area contributed by atoms with E-state index in [0.29, 0.717) is 19.1 Å². The van der Waals surface area contributed by atoms with Crippen molar-refractivity contribution >= 4 is 16.3 Å². The Morgan fingerprint density at radius 2 is 1.90 bits per heavy atom. The number of nitrogens with zero attached hydrogens (tertiary/aromatic N) is 3. The molecule has 0 bridgehead atoms. The standard InChI is InChI=1S/C12H17N3O5S/c1-13-7-10(11(17)14(2)12(13)18)21(19,20)15-6-4-3-5-9(15)8-16/h7-9H,3-6H2,1-2H3. The maximum absolute atomic E-state index is 12.6. The van der Waals surface area contributed by atoms with Gasteiger partial charge in [0.2, 0.25) is 0 Å². The second-order valence-corrected chi connectivity index (χ2v) is 6.92. The molecule has 0 aromatic carbocycles. The molecule has 0 spiro atoms. The fraction of sp³-hybridized carbons (Fsp3) is 0.583. The summed E-state index contributed by atoms with van der Waals surface area (Å²) in [6, 6.07) is -0.759. The summed E-state index contributed by atoms with van der Waals surface area (Å²) in [7, 11) is -1.52. The normalized spacial score (nSPS) is 20.4. The van der Waals surface area contributed by atoms with E-state index in [4.69, 9.17) is 0 Å². The molecule has 9 heteroatoms. The second kappa shape index (κ2) is 5.57. The lowest BCUT2D eigenvalue weighted by Crippen LogP contribution is -2.48. The molecular weight excluding hydrogens is 298 g/mol. The third-order valence-electron chi connectivity index (χ3n) is 3.66. The molecule has 0 radical (unpaired) electrons. The number of aromatic nitrogens is 2. The van der Waals surface area contributed by atoms with Crippen molar-refractivity contribution in [2.24, 2.45) is 14.1 Å². The number of aryl methyl sites for hydroxylation is 1. The average Bonchev–Trinajstić information content (AvgIpc) is 2.48. The molecule has 1 saturated heterocycles. The molecule has 2 heterocycles. The van der Waals surface area contributed by atoms with Gasteiger partial charge in [-0.05, 0) is 12.8 Å². The Morgan fingerprint density at radius 1 is 1.24 bits per heavy atom. The summed E-state index contributed by atoms with van der Waals surface area (Å²) in [5, 5.41) is 0. The molecule has 1 aliphatic heterocycles. The number of sulfonamides is 1. The summed E-state index contributed by atoms with van der Waals surface area (Å²) in [6.07, 6.45) is 3.44. The minimum absolute atomic E-state index is 0.192. The van der Waals surface area contributed by atoms with E-state index >= 15 is 0 Å². The van der Waals surface area contributed by atoms with Crippen LogP contribution in [0.4, 0.5) is 0 Å². The Bertz CT molecular complexity index is 777. The van der Waals surface area contributed by atoms with Crippen molar-refractivity contribution in [1.82, 2.24) is 13.4 Å². The van der Waals surface area contributed by atoms with Crippen molar-refractivity contribution in [3.8, 4) is 0 Å². The molecular formula is C12H17N3O5S. The summed E-state index contributed by atoms with van der Waals surface area (Å²) >= 11 is 0. The molecule has 1 aromatic heterocycles. The first kappa shape index (κ1) is 15.6. The summed E-state index contributed by atoms with van der Waals surface area (Å²) in [6.45, 7) is 0.192. The van der Waals surface area contributed by atoms with Gasteiger partial charge in [0.05, 0.1) is 6.04 Å². The quantitative estimate of drug-likeness (QED) is 0.654. The number of hydrogen-bond acceptors (Lipinski definition) is 5. The van der Waals surface area contributed by atoms with Gasteiger partial charge in [0.15, 0.2) is 4.90 Å². The molecule has 1 aliphatic rings. The van der Waals surface area contributed by atoms with Crippen LogP contribution in [0.1, 0.15) is 19.3 Å². The molecule has 1 fully saturated rings. The lowest BCUT2D eigenvalue weighted by atomic mass is 10.1. The largest absolute Gasteiger partial charge is 0.330 e. The van der Waals surface area contributed by atoms with Gasteiger partial charge in [0.25, 0.3) is 15.6 Å². The number of hydrogen-bond donors (Lipinski definition) is 0. The van der Waals surface area contributed by atoms with E-state index < -0.39 is 32.2 Å². The molecule has 1 unspecified atom stereocenters. The van der Waals surface area contributed by atoms with Crippen molar-refractivity contribution in [1.29, 1.82) is 0 Å². The minimum Gasteiger partial charge on any atom is -0.302 e. The van der Waals surface area contributed by atoms with Gasteiger partial charge in [-0.25, -0.2) is 13.2 Å². The maximum atomic E-state index is 12.6. The van der Waals surface area contributed by atoms with E-state index in [-0.39, 0.29) is 6.54 Å². The van der Waals surface area contributed by atoms with Crippen LogP contribution >= 0.6 is 0 Å². The number of aldehydes is 1. The number of carbonyl (C=O) groups excluding carboxylic acids is 1. The van der Waals surface area contributed by atoms with Crippen LogP contribution < -0.4 is 11.2 Å². The van der Waals surface area contributed by atoms with Crippen molar-refractivity contribution in [3.63, 3.8) is 0 Å². The maximum Gasteiger partial charge on any atom is 0.330 e. The highest BCUT2D eigenvalue weighted by molar-refractivity contribution is 7.89. The topological polar surface area (TPSA) is 98.4 Å². The van der Waals surface area contributed by atoms with Crippen LogP contribution in [0, 0.1) is 0 Å². The van der Waals surface area contributed by atoms with Crippen LogP contribution in [-0.2, 0) is 28.9 Å². The summed E-state index contributed by atoms with van der Waals surface area (Å²) < 4.78 is 28.1. The van der Waals surface area contributed by atoms with Gasteiger partial charge in [-0.1, -0.05) is 6.42 Å². The SMILES string of the molecule is Cn1cc(S(=O)(=O)N2CCCCC2C=O)c(=O)n(C)c1=O. The fourth-order valence-corrected chi connectivity index (χ4v) is 4.23. The van der Waals surface area contributed by atoms with Crippen LogP contribution in [0.3, 0.4) is 0 Å². The molecule has 2 rings (SSSR count). The number of piperidine rings is 1. The predicted octanol–water partition coefficient (Wildman–Crippen LogP) is -1.17. The molecule has 116 valence electrons. The van der Waals surface area contributed by atoms with Crippen molar-refractivity contribution in [2.75, 3.05) is 6.54 Å². The zero-order valence-electron chi connectivity index (χ0n) is 11.9. The predicted molar refractivity (Wildman–Crippen MR) is 74.5 cm³/mol. The van der Waals surface area contributed by atoms with E-state index in [1.165, 1.54) is 14.1 Å². The molecule has 0 amide bonds. The average molecular weight is 315 g/mol. The van der Waals surface area contributed by atoms with E-state index in [9.17, 15) is 22.8 Å². The van der Waals surface area contributed by atoms with Gasteiger partial charge in [0.1, 0.15) is 6.29 Å². The summed E-state index contributed by atoms with van der Waals surface area (Å²) in [5.74, 6) is 0. The van der Waals surface area contributed by atoms with Gasteiger partial charge < -0.3 is 9.36 Å². The molecule has 0 N–H and O–H groups in total. The molecule has 0 aliphatic carbocycles. The highest BCUT2D eigenvalue weighted by Gasteiger charge is 2.35.